The highest BCUT2D eigenvalue weighted by molar-refractivity contribution is 7.91. The molecule has 1 unspecified atom stereocenters. The Morgan fingerprint density at radius 2 is 1.60 bits per heavy atom. The molecule has 1 atom stereocenters. The molecule has 0 spiro atoms. The van der Waals surface area contributed by atoms with Crippen LogP contribution in [0.1, 0.15) is 13.3 Å². The second-order valence-electron chi connectivity index (χ2n) is 7.10. The highest BCUT2D eigenvalue weighted by Gasteiger charge is 2.27. The van der Waals surface area contributed by atoms with E-state index in [1.165, 1.54) is 0 Å². The molecule has 0 saturated carbocycles. The molecular weight excluding hydrogens is 422 g/mol. The van der Waals surface area contributed by atoms with Gasteiger partial charge in [-0.05, 0) is 66.9 Å². The Morgan fingerprint density at radius 3 is 2.10 bits per heavy atom. The molecule has 30 heavy (non-hydrogen) atoms. The summed E-state index contributed by atoms with van der Waals surface area (Å²) in [6.07, 6.45) is 0.209. The van der Waals surface area contributed by atoms with Crippen LogP contribution in [-0.2, 0) is 14.6 Å². The third kappa shape index (κ3) is 6.43. The number of anilines is 2. The molecule has 1 heterocycles. The fourth-order valence-electron chi connectivity index (χ4n) is 3.22. The molecule has 1 aliphatic heterocycles. The van der Waals surface area contributed by atoms with Gasteiger partial charge in [0.2, 0.25) is 0 Å². The summed E-state index contributed by atoms with van der Waals surface area (Å²) in [5.74, 6) is 0.602. The SMILES string of the molecule is CCOC(=O)Nc1ccc(-c2ccc(NC(=S)NCC3CCS(=O)(=O)C3)cc2)cc1. The van der Waals surface area contributed by atoms with Gasteiger partial charge in [-0.25, -0.2) is 13.2 Å². The number of benzene rings is 2. The molecule has 7 nitrogen and oxygen atoms in total. The summed E-state index contributed by atoms with van der Waals surface area (Å²) in [7, 11) is -2.88. The highest BCUT2D eigenvalue weighted by atomic mass is 32.2. The number of amides is 1. The molecule has 0 aliphatic carbocycles. The lowest BCUT2D eigenvalue weighted by Gasteiger charge is -2.14. The van der Waals surface area contributed by atoms with Gasteiger partial charge in [-0.1, -0.05) is 24.3 Å². The molecule has 2 aromatic rings. The van der Waals surface area contributed by atoms with Crippen LogP contribution in [0.5, 0.6) is 0 Å². The smallest absolute Gasteiger partial charge is 0.411 e. The lowest BCUT2D eigenvalue weighted by atomic mass is 10.1. The summed E-state index contributed by atoms with van der Waals surface area (Å²) in [6, 6.07) is 15.3. The average Bonchev–Trinajstić information content (AvgIpc) is 3.07. The molecule has 1 amide bonds. The quantitative estimate of drug-likeness (QED) is 0.582. The first-order valence-corrected chi connectivity index (χ1v) is 12.0. The van der Waals surface area contributed by atoms with Crippen molar-refractivity contribution in [1.82, 2.24) is 5.32 Å². The lowest BCUT2D eigenvalue weighted by Crippen LogP contribution is -2.33. The number of sulfone groups is 1. The zero-order valence-electron chi connectivity index (χ0n) is 16.7. The summed E-state index contributed by atoms with van der Waals surface area (Å²) >= 11 is 5.31. The van der Waals surface area contributed by atoms with Gasteiger partial charge in [0.15, 0.2) is 14.9 Å². The Hall–Kier alpha value is -2.65. The van der Waals surface area contributed by atoms with Gasteiger partial charge >= 0.3 is 6.09 Å². The Morgan fingerprint density at radius 1 is 1.03 bits per heavy atom. The minimum atomic E-state index is -2.88. The molecule has 2 aromatic carbocycles. The number of thiocarbonyl (C=S) groups is 1. The maximum Gasteiger partial charge on any atom is 0.411 e. The van der Waals surface area contributed by atoms with E-state index in [0.29, 0.717) is 30.4 Å². The zero-order chi connectivity index (χ0) is 21.6. The van der Waals surface area contributed by atoms with Crippen LogP contribution in [0.25, 0.3) is 11.1 Å². The largest absolute Gasteiger partial charge is 0.450 e. The standard InChI is InChI=1S/C21H25N3O4S2/c1-2-28-21(25)24-19-9-5-17(6-10-19)16-3-7-18(8-4-16)23-20(29)22-13-15-11-12-30(26,27)14-15/h3-10,15H,2,11-14H2,1H3,(H,24,25)(H2,22,23,29). The van der Waals surface area contributed by atoms with Crippen molar-refractivity contribution in [3.8, 4) is 11.1 Å². The van der Waals surface area contributed by atoms with Crippen LogP contribution in [0.4, 0.5) is 16.2 Å². The van der Waals surface area contributed by atoms with Gasteiger partial charge in [0.1, 0.15) is 0 Å². The molecule has 9 heteroatoms. The van der Waals surface area contributed by atoms with E-state index in [-0.39, 0.29) is 17.4 Å². The van der Waals surface area contributed by atoms with Crippen LogP contribution in [0.3, 0.4) is 0 Å². The topological polar surface area (TPSA) is 96.5 Å². The number of carbonyl (C=O) groups excluding carboxylic acids is 1. The molecule has 0 aromatic heterocycles. The molecular formula is C21H25N3O4S2. The van der Waals surface area contributed by atoms with Crippen molar-refractivity contribution in [2.75, 3.05) is 35.3 Å². The number of rotatable bonds is 6. The van der Waals surface area contributed by atoms with Gasteiger partial charge in [-0.2, -0.15) is 0 Å². The van der Waals surface area contributed by atoms with Crippen molar-refractivity contribution < 1.29 is 17.9 Å². The van der Waals surface area contributed by atoms with Crippen molar-refractivity contribution in [2.24, 2.45) is 5.92 Å². The molecule has 3 rings (SSSR count). The van der Waals surface area contributed by atoms with Crippen LogP contribution >= 0.6 is 12.2 Å². The van der Waals surface area contributed by atoms with Gasteiger partial charge in [0.25, 0.3) is 0 Å². The monoisotopic (exact) mass is 447 g/mol. The summed E-state index contributed by atoms with van der Waals surface area (Å²) in [6.45, 7) is 2.63. The van der Waals surface area contributed by atoms with E-state index in [1.807, 2.05) is 48.5 Å². The highest BCUT2D eigenvalue weighted by Crippen LogP contribution is 2.23. The summed E-state index contributed by atoms with van der Waals surface area (Å²) in [5.41, 5.74) is 3.55. The van der Waals surface area contributed by atoms with E-state index in [2.05, 4.69) is 16.0 Å². The van der Waals surface area contributed by atoms with Gasteiger partial charge in [-0.3, -0.25) is 5.32 Å². The Kier molecular flexibility index (Phi) is 7.28. The second kappa shape index (κ2) is 9.90. The van der Waals surface area contributed by atoms with E-state index in [1.54, 1.807) is 6.92 Å². The summed E-state index contributed by atoms with van der Waals surface area (Å²) in [4.78, 5) is 11.5. The van der Waals surface area contributed by atoms with Gasteiger partial charge < -0.3 is 15.4 Å². The zero-order valence-corrected chi connectivity index (χ0v) is 18.3. The van der Waals surface area contributed by atoms with E-state index < -0.39 is 15.9 Å². The lowest BCUT2D eigenvalue weighted by molar-refractivity contribution is 0.168. The Bertz CT molecular complexity index is 990. The first-order valence-electron chi connectivity index (χ1n) is 9.74. The van der Waals surface area contributed by atoms with E-state index in [4.69, 9.17) is 17.0 Å². The number of nitrogens with one attached hydrogen (secondary N) is 3. The van der Waals surface area contributed by atoms with Crippen LogP contribution in [-0.4, -0.2) is 44.3 Å². The van der Waals surface area contributed by atoms with Gasteiger partial charge in [0, 0.05) is 17.9 Å². The van der Waals surface area contributed by atoms with Crippen molar-refractivity contribution in [3.05, 3.63) is 48.5 Å². The predicted octanol–water partition coefficient (Wildman–Crippen LogP) is 3.64. The third-order valence-electron chi connectivity index (χ3n) is 4.76. The molecule has 1 saturated heterocycles. The maximum atomic E-state index is 11.5. The van der Waals surface area contributed by atoms with Crippen molar-refractivity contribution in [2.45, 2.75) is 13.3 Å². The average molecular weight is 448 g/mol. The van der Waals surface area contributed by atoms with Crippen molar-refractivity contribution in [3.63, 3.8) is 0 Å². The first kappa shape index (κ1) is 22.0. The molecule has 1 fully saturated rings. The van der Waals surface area contributed by atoms with Crippen molar-refractivity contribution >= 4 is 44.6 Å². The van der Waals surface area contributed by atoms with Crippen molar-refractivity contribution in [1.29, 1.82) is 0 Å². The molecule has 1 aliphatic rings. The van der Waals surface area contributed by atoms with Crippen LogP contribution in [0.2, 0.25) is 0 Å². The number of hydrogen-bond donors (Lipinski definition) is 3. The number of carbonyl (C=O) groups is 1. The van der Waals surface area contributed by atoms with E-state index in [0.717, 1.165) is 16.8 Å². The molecule has 160 valence electrons. The Labute approximate surface area is 182 Å². The van der Waals surface area contributed by atoms with E-state index in [9.17, 15) is 13.2 Å². The minimum absolute atomic E-state index is 0.110. The minimum Gasteiger partial charge on any atom is -0.450 e. The number of hydrogen-bond acceptors (Lipinski definition) is 5. The van der Waals surface area contributed by atoms with Crippen LogP contribution in [0, 0.1) is 5.92 Å². The second-order valence-corrected chi connectivity index (χ2v) is 9.74. The van der Waals surface area contributed by atoms with Gasteiger partial charge in [0.05, 0.1) is 18.1 Å². The predicted molar refractivity (Wildman–Crippen MR) is 124 cm³/mol. The number of ether oxygens (including phenoxy) is 1. The maximum absolute atomic E-state index is 11.5. The fourth-order valence-corrected chi connectivity index (χ4v) is 5.29. The fraction of sp³-hybridized carbons (Fsp3) is 0.333. The molecule has 3 N–H and O–H groups in total. The normalized spacial score (nSPS) is 17.2. The third-order valence-corrected chi connectivity index (χ3v) is 6.84. The van der Waals surface area contributed by atoms with Gasteiger partial charge in [-0.15, -0.1) is 0 Å². The first-order chi connectivity index (χ1) is 14.3. The van der Waals surface area contributed by atoms with E-state index >= 15 is 0 Å². The van der Waals surface area contributed by atoms with Crippen LogP contribution in [0.15, 0.2) is 48.5 Å². The summed E-state index contributed by atoms with van der Waals surface area (Å²) in [5, 5.41) is 9.35. The summed E-state index contributed by atoms with van der Waals surface area (Å²) < 4.78 is 27.9. The molecule has 0 bridgehead atoms. The van der Waals surface area contributed by atoms with Crippen LogP contribution < -0.4 is 16.0 Å². The Balaban J connectivity index is 1.50. The molecule has 0 radical (unpaired) electrons.